The third-order valence-corrected chi connectivity index (χ3v) is 3.23. The predicted octanol–water partition coefficient (Wildman–Crippen LogP) is 2.61. The number of aryl methyl sites for hydroxylation is 1. The molecule has 2 nitrogen and oxygen atoms in total. The Bertz CT molecular complexity index is 345. The third kappa shape index (κ3) is 2.44. The van der Waals surface area contributed by atoms with E-state index in [1.54, 1.807) is 0 Å². The monoisotopic (exact) mass is 225 g/mol. The summed E-state index contributed by atoms with van der Waals surface area (Å²) in [5, 5.41) is 10.2. The van der Waals surface area contributed by atoms with Crippen molar-refractivity contribution in [1.29, 1.82) is 0 Å². The van der Waals surface area contributed by atoms with Crippen molar-refractivity contribution in [2.24, 2.45) is 0 Å². The highest BCUT2D eigenvalue weighted by atomic mass is 35.5. The Labute approximate surface area is 95.5 Å². The van der Waals surface area contributed by atoms with Crippen molar-refractivity contribution in [1.82, 2.24) is 0 Å². The van der Waals surface area contributed by atoms with E-state index in [1.807, 2.05) is 12.1 Å². The average molecular weight is 226 g/mol. The summed E-state index contributed by atoms with van der Waals surface area (Å²) >= 11 is 6.16. The number of hydrogen-bond donors (Lipinski definition) is 1. The molecule has 0 saturated carbocycles. The normalized spacial score (nSPS) is 18.2. The van der Waals surface area contributed by atoms with E-state index >= 15 is 0 Å². The van der Waals surface area contributed by atoms with Crippen molar-refractivity contribution in [3.8, 4) is 0 Å². The van der Waals surface area contributed by atoms with Crippen LogP contribution in [0.5, 0.6) is 0 Å². The lowest BCUT2D eigenvalue weighted by Crippen LogP contribution is -2.35. The van der Waals surface area contributed by atoms with Crippen molar-refractivity contribution in [3.63, 3.8) is 0 Å². The first-order valence-electron chi connectivity index (χ1n) is 5.36. The second-order valence-corrected chi connectivity index (χ2v) is 4.58. The summed E-state index contributed by atoms with van der Waals surface area (Å²) in [5.74, 6) is 0. The van der Waals surface area contributed by atoms with Crippen LogP contribution in [-0.4, -0.2) is 24.3 Å². The fourth-order valence-corrected chi connectivity index (χ4v) is 2.21. The van der Waals surface area contributed by atoms with Crippen LogP contribution in [0.3, 0.4) is 0 Å². The molecule has 1 heterocycles. The van der Waals surface area contributed by atoms with E-state index in [0.29, 0.717) is 0 Å². The van der Waals surface area contributed by atoms with Gasteiger partial charge in [-0.05, 0) is 37.5 Å². The van der Waals surface area contributed by atoms with Crippen LogP contribution in [0.15, 0.2) is 18.2 Å². The molecule has 3 heteroatoms. The molecule has 1 fully saturated rings. The van der Waals surface area contributed by atoms with Gasteiger partial charge in [0.2, 0.25) is 0 Å². The number of aliphatic hydroxyl groups is 1. The molecule has 0 atom stereocenters. The number of hydrogen-bond acceptors (Lipinski definition) is 2. The third-order valence-electron chi connectivity index (χ3n) is 2.91. The molecule has 1 aromatic rings. The summed E-state index contributed by atoms with van der Waals surface area (Å²) in [6, 6.07) is 6.07. The van der Waals surface area contributed by atoms with Crippen LogP contribution in [0.1, 0.15) is 18.4 Å². The minimum Gasteiger partial charge on any atom is -0.393 e. The van der Waals surface area contributed by atoms with E-state index < -0.39 is 0 Å². The number of benzene rings is 1. The van der Waals surface area contributed by atoms with Crippen LogP contribution in [0.4, 0.5) is 5.69 Å². The predicted molar refractivity (Wildman–Crippen MR) is 63.6 cm³/mol. The van der Waals surface area contributed by atoms with Crippen molar-refractivity contribution in [2.45, 2.75) is 25.9 Å². The van der Waals surface area contributed by atoms with Crippen molar-refractivity contribution in [2.75, 3.05) is 18.0 Å². The van der Waals surface area contributed by atoms with E-state index in [9.17, 15) is 5.11 Å². The van der Waals surface area contributed by atoms with Crippen LogP contribution in [0.2, 0.25) is 5.02 Å². The molecule has 0 bridgehead atoms. The molecule has 0 aliphatic carbocycles. The lowest BCUT2D eigenvalue weighted by atomic mass is 10.1. The van der Waals surface area contributed by atoms with E-state index in [0.717, 1.165) is 36.6 Å². The zero-order valence-corrected chi connectivity index (χ0v) is 9.67. The fourth-order valence-electron chi connectivity index (χ4n) is 1.97. The Hall–Kier alpha value is -0.730. The molecule has 1 N–H and O–H groups in total. The summed E-state index contributed by atoms with van der Waals surface area (Å²) < 4.78 is 0. The van der Waals surface area contributed by atoms with Crippen LogP contribution in [-0.2, 0) is 0 Å². The maximum absolute atomic E-state index is 9.44. The van der Waals surface area contributed by atoms with Gasteiger partial charge >= 0.3 is 0 Å². The van der Waals surface area contributed by atoms with Gasteiger partial charge in [-0.2, -0.15) is 0 Å². The van der Waals surface area contributed by atoms with Crippen LogP contribution < -0.4 is 4.90 Å². The molecule has 0 spiro atoms. The van der Waals surface area contributed by atoms with Crippen LogP contribution >= 0.6 is 11.6 Å². The summed E-state index contributed by atoms with van der Waals surface area (Å²) in [4.78, 5) is 2.25. The van der Waals surface area contributed by atoms with Gasteiger partial charge in [-0.3, -0.25) is 0 Å². The van der Waals surface area contributed by atoms with Gasteiger partial charge in [0.05, 0.1) is 16.8 Å². The smallest absolute Gasteiger partial charge is 0.0639 e. The summed E-state index contributed by atoms with van der Waals surface area (Å²) in [5.41, 5.74) is 2.32. The lowest BCUT2D eigenvalue weighted by Gasteiger charge is -2.32. The quantitative estimate of drug-likeness (QED) is 0.794. The Morgan fingerprint density at radius 3 is 2.67 bits per heavy atom. The molecule has 0 radical (unpaired) electrons. The second kappa shape index (κ2) is 4.42. The second-order valence-electron chi connectivity index (χ2n) is 4.17. The maximum Gasteiger partial charge on any atom is 0.0639 e. The molecule has 15 heavy (non-hydrogen) atoms. The highest BCUT2D eigenvalue weighted by Crippen LogP contribution is 2.29. The first-order valence-corrected chi connectivity index (χ1v) is 5.74. The molecule has 0 unspecified atom stereocenters. The van der Waals surface area contributed by atoms with E-state index in [1.165, 1.54) is 5.56 Å². The van der Waals surface area contributed by atoms with E-state index in [4.69, 9.17) is 11.6 Å². The largest absolute Gasteiger partial charge is 0.393 e. The summed E-state index contributed by atoms with van der Waals surface area (Å²) in [7, 11) is 0. The Morgan fingerprint density at radius 1 is 1.33 bits per heavy atom. The Kier molecular flexibility index (Phi) is 3.17. The van der Waals surface area contributed by atoms with Gasteiger partial charge in [-0.25, -0.2) is 0 Å². The lowest BCUT2D eigenvalue weighted by molar-refractivity contribution is 0.145. The number of nitrogens with zero attached hydrogens (tertiary/aromatic N) is 1. The zero-order chi connectivity index (χ0) is 10.8. The van der Waals surface area contributed by atoms with Crippen molar-refractivity contribution >= 4 is 17.3 Å². The maximum atomic E-state index is 9.44. The van der Waals surface area contributed by atoms with Gasteiger partial charge in [-0.15, -0.1) is 0 Å². The number of anilines is 1. The van der Waals surface area contributed by atoms with E-state index in [-0.39, 0.29) is 6.10 Å². The van der Waals surface area contributed by atoms with Gasteiger partial charge in [0, 0.05) is 13.1 Å². The first-order chi connectivity index (χ1) is 7.16. The first kappa shape index (κ1) is 10.8. The number of aliphatic hydroxyl groups excluding tert-OH is 1. The van der Waals surface area contributed by atoms with Gasteiger partial charge in [0.25, 0.3) is 0 Å². The molecule has 82 valence electrons. The minimum absolute atomic E-state index is 0.134. The topological polar surface area (TPSA) is 23.5 Å². The summed E-state index contributed by atoms with van der Waals surface area (Å²) in [6.45, 7) is 3.85. The molecule has 1 aliphatic rings. The van der Waals surface area contributed by atoms with Crippen molar-refractivity contribution < 1.29 is 5.11 Å². The number of halogens is 1. The van der Waals surface area contributed by atoms with Gasteiger partial charge < -0.3 is 10.0 Å². The number of piperidine rings is 1. The Balaban J connectivity index is 2.18. The zero-order valence-electron chi connectivity index (χ0n) is 8.91. The average Bonchev–Trinajstić information content (AvgIpc) is 2.23. The van der Waals surface area contributed by atoms with Crippen molar-refractivity contribution in [3.05, 3.63) is 28.8 Å². The molecule has 1 saturated heterocycles. The summed E-state index contributed by atoms with van der Waals surface area (Å²) in [6.07, 6.45) is 1.54. The standard InChI is InChI=1S/C12H16ClNO/c1-9-2-3-11(13)12(8-9)14-6-4-10(15)5-7-14/h2-3,8,10,15H,4-7H2,1H3. The molecule has 0 amide bonds. The minimum atomic E-state index is -0.134. The molecular formula is C12H16ClNO. The van der Waals surface area contributed by atoms with Gasteiger partial charge in [0.1, 0.15) is 0 Å². The molecular weight excluding hydrogens is 210 g/mol. The molecule has 1 aliphatic heterocycles. The highest BCUT2D eigenvalue weighted by Gasteiger charge is 2.18. The van der Waals surface area contributed by atoms with Gasteiger partial charge in [0.15, 0.2) is 0 Å². The van der Waals surface area contributed by atoms with E-state index in [2.05, 4.69) is 17.9 Å². The molecule has 1 aromatic carbocycles. The number of rotatable bonds is 1. The Morgan fingerprint density at radius 2 is 2.00 bits per heavy atom. The van der Waals surface area contributed by atoms with Crippen LogP contribution in [0, 0.1) is 6.92 Å². The van der Waals surface area contributed by atoms with Gasteiger partial charge in [-0.1, -0.05) is 17.7 Å². The molecule has 0 aromatic heterocycles. The molecule has 2 rings (SSSR count). The fraction of sp³-hybridized carbons (Fsp3) is 0.500. The van der Waals surface area contributed by atoms with Crippen LogP contribution in [0.25, 0.3) is 0 Å². The highest BCUT2D eigenvalue weighted by molar-refractivity contribution is 6.33. The SMILES string of the molecule is Cc1ccc(Cl)c(N2CCC(O)CC2)c1.